The lowest BCUT2D eigenvalue weighted by atomic mass is 10.1. The minimum Gasteiger partial charge on any atom is -0.294 e. The van der Waals surface area contributed by atoms with Crippen LogP contribution in [0, 0.1) is 5.82 Å². The average molecular weight is 244 g/mol. The second-order valence-electron chi connectivity index (χ2n) is 4.66. The standard InChI is InChI=1S/C14H13FN2O/c1-9-2-7-13-16-12(8-14(18)17(9)13)10-3-5-11(15)6-4-10/h3-6,8-9H,2,7H2,1H3. The smallest absolute Gasteiger partial charge is 0.254 e. The first-order valence-electron chi connectivity index (χ1n) is 6.03. The SMILES string of the molecule is CC1CCc2nc(-c3ccc(F)cc3)cc(=O)n21. The van der Waals surface area contributed by atoms with Crippen molar-refractivity contribution in [3.8, 4) is 11.3 Å². The Bertz CT molecular complexity index is 646. The number of aryl methyl sites for hydroxylation is 1. The predicted molar refractivity (Wildman–Crippen MR) is 66.9 cm³/mol. The van der Waals surface area contributed by atoms with E-state index in [-0.39, 0.29) is 17.4 Å². The first-order valence-corrected chi connectivity index (χ1v) is 6.03. The van der Waals surface area contributed by atoms with Crippen LogP contribution in [0.15, 0.2) is 35.1 Å². The minimum absolute atomic E-state index is 0.0238. The maximum absolute atomic E-state index is 12.9. The van der Waals surface area contributed by atoms with Gasteiger partial charge >= 0.3 is 0 Å². The van der Waals surface area contributed by atoms with Crippen LogP contribution >= 0.6 is 0 Å². The highest BCUT2D eigenvalue weighted by molar-refractivity contribution is 5.58. The Kier molecular flexibility index (Phi) is 2.51. The van der Waals surface area contributed by atoms with Gasteiger partial charge in [-0.25, -0.2) is 9.37 Å². The fourth-order valence-electron chi connectivity index (χ4n) is 2.42. The minimum atomic E-state index is -0.287. The number of hydrogen-bond acceptors (Lipinski definition) is 2. The van der Waals surface area contributed by atoms with Crippen molar-refractivity contribution in [2.24, 2.45) is 0 Å². The first-order chi connectivity index (χ1) is 8.65. The van der Waals surface area contributed by atoms with Crippen LogP contribution in [0.25, 0.3) is 11.3 Å². The Morgan fingerprint density at radius 1 is 1.33 bits per heavy atom. The lowest BCUT2D eigenvalue weighted by molar-refractivity contribution is 0.560. The van der Waals surface area contributed by atoms with Gasteiger partial charge in [-0.3, -0.25) is 9.36 Å². The third kappa shape index (κ3) is 1.74. The summed E-state index contributed by atoms with van der Waals surface area (Å²) in [5.41, 5.74) is 1.38. The third-order valence-corrected chi connectivity index (χ3v) is 3.39. The van der Waals surface area contributed by atoms with E-state index in [1.54, 1.807) is 16.7 Å². The van der Waals surface area contributed by atoms with Crippen molar-refractivity contribution in [3.05, 3.63) is 52.3 Å². The predicted octanol–water partition coefficient (Wildman–Crippen LogP) is 2.56. The normalized spacial score (nSPS) is 17.8. The molecular weight excluding hydrogens is 231 g/mol. The lowest BCUT2D eigenvalue weighted by Gasteiger charge is -2.09. The molecule has 0 amide bonds. The van der Waals surface area contributed by atoms with Gasteiger partial charge in [0, 0.05) is 24.1 Å². The highest BCUT2D eigenvalue weighted by atomic mass is 19.1. The molecule has 1 atom stereocenters. The van der Waals surface area contributed by atoms with Gasteiger partial charge in [0.05, 0.1) is 5.69 Å². The fraction of sp³-hybridized carbons (Fsp3) is 0.286. The van der Waals surface area contributed by atoms with Gasteiger partial charge in [-0.1, -0.05) is 0 Å². The van der Waals surface area contributed by atoms with E-state index in [9.17, 15) is 9.18 Å². The fourth-order valence-corrected chi connectivity index (χ4v) is 2.42. The summed E-state index contributed by atoms with van der Waals surface area (Å²) < 4.78 is 14.6. The van der Waals surface area contributed by atoms with Gasteiger partial charge in [0.2, 0.25) is 0 Å². The number of halogens is 1. The van der Waals surface area contributed by atoms with Crippen LogP contribution in [0.2, 0.25) is 0 Å². The molecular formula is C14H13FN2O. The van der Waals surface area contributed by atoms with Gasteiger partial charge in [-0.05, 0) is 37.6 Å². The molecule has 1 aromatic heterocycles. The van der Waals surface area contributed by atoms with Gasteiger partial charge in [0.15, 0.2) is 0 Å². The monoisotopic (exact) mass is 244 g/mol. The van der Waals surface area contributed by atoms with Crippen molar-refractivity contribution in [3.63, 3.8) is 0 Å². The summed E-state index contributed by atoms with van der Waals surface area (Å²) in [6.45, 7) is 2.02. The van der Waals surface area contributed by atoms with Crippen LogP contribution < -0.4 is 5.56 Å². The zero-order valence-electron chi connectivity index (χ0n) is 10.1. The van der Waals surface area contributed by atoms with Gasteiger partial charge in [-0.15, -0.1) is 0 Å². The molecule has 3 rings (SSSR count). The Morgan fingerprint density at radius 2 is 2.06 bits per heavy atom. The number of nitrogens with zero attached hydrogens (tertiary/aromatic N) is 2. The number of fused-ring (bicyclic) bond motifs is 1. The van der Waals surface area contributed by atoms with E-state index in [2.05, 4.69) is 4.98 Å². The van der Waals surface area contributed by atoms with E-state index in [0.29, 0.717) is 5.69 Å². The van der Waals surface area contributed by atoms with Crippen molar-refractivity contribution >= 4 is 0 Å². The van der Waals surface area contributed by atoms with Crippen LogP contribution in [-0.4, -0.2) is 9.55 Å². The summed E-state index contributed by atoms with van der Waals surface area (Å²) in [6, 6.07) is 7.80. The molecule has 18 heavy (non-hydrogen) atoms. The van der Waals surface area contributed by atoms with E-state index in [4.69, 9.17) is 0 Å². The molecule has 0 spiro atoms. The molecule has 3 nitrogen and oxygen atoms in total. The van der Waals surface area contributed by atoms with Crippen LogP contribution in [-0.2, 0) is 6.42 Å². The van der Waals surface area contributed by atoms with Gasteiger partial charge in [0.25, 0.3) is 5.56 Å². The molecule has 0 saturated heterocycles. The Balaban J connectivity index is 2.13. The van der Waals surface area contributed by atoms with Crippen LogP contribution in [0.3, 0.4) is 0 Å². The number of hydrogen-bond donors (Lipinski definition) is 0. The molecule has 1 unspecified atom stereocenters. The molecule has 2 heterocycles. The summed E-state index contributed by atoms with van der Waals surface area (Å²) in [7, 11) is 0. The maximum Gasteiger partial charge on any atom is 0.254 e. The third-order valence-electron chi connectivity index (χ3n) is 3.39. The van der Waals surface area contributed by atoms with Crippen LogP contribution in [0.4, 0.5) is 4.39 Å². The zero-order valence-corrected chi connectivity index (χ0v) is 10.1. The second-order valence-corrected chi connectivity index (χ2v) is 4.66. The average Bonchev–Trinajstić information content (AvgIpc) is 2.72. The summed E-state index contributed by atoms with van der Waals surface area (Å²) in [4.78, 5) is 16.5. The Morgan fingerprint density at radius 3 is 2.78 bits per heavy atom. The van der Waals surface area contributed by atoms with Crippen LogP contribution in [0.5, 0.6) is 0 Å². The molecule has 0 N–H and O–H groups in total. The molecule has 4 heteroatoms. The second kappa shape index (κ2) is 4.05. The van der Waals surface area contributed by atoms with Gasteiger partial charge in [0.1, 0.15) is 11.6 Å². The van der Waals surface area contributed by atoms with Gasteiger partial charge in [-0.2, -0.15) is 0 Å². The molecule has 1 aromatic carbocycles. The number of benzene rings is 1. The van der Waals surface area contributed by atoms with Gasteiger partial charge < -0.3 is 0 Å². The van der Waals surface area contributed by atoms with Crippen molar-refractivity contribution in [1.29, 1.82) is 0 Å². The largest absolute Gasteiger partial charge is 0.294 e. The summed E-state index contributed by atoms with van der Waals surface area (Å²) in [5, 5.41) is 0. The lowest BCUT2D eigenvalue weighted by Crippen LogP contribution is -2.22. The molecule has 1 aliphatic rings. The summed E-state index contributed by atoms with van der Waals surface area (Å²) in [5.74, 6) is 0.541. The highest BCUT2D eigenvalue weighted by Gasteiger charge is 2.21. The molecule has 2 aromatic rings. The zero-order chi connectivity index (χ0) is 12.7. The van der Waals surface area contributed by atoms with E-state index >= 15 is 0 Å². The van der Waals surface area contributed by atoms with E-state index in [1.165, 1.54) is 18.2 Å². The van der Waals surface area contributed by atoms with Crippen molar-refractivity contribution in [1.82, 2.24) is 9.55 Å². The van der Waals surface area contributed by atoms with E-state index in [1.807, 2.05) is 6.92 Å². The topological polar surface area (TPSA) is 34.9 Å². The molecule has 0 aliphatic carbocycles. The summed E-state index contributed by atoms with van der Waals surface area (Å²) in [6.07, 6.45) is 1.78. The Hall–Kier alpha value is -1.97. The molecule has 0 fully saturated rings. The van der Waals surface area contributed by atoms with E-state index < -0.39 is 0 Å². The maximum atomic E-state index is 12.9. The quantitative estimate of drug-likeness (QED) is 0.772. The summed E-state index contributed by atoms with van der Waals surface area (Å²) >= 11 is 0. The van der Waals surface area contributed by atoms with Crippen molar-refractivity contribution in [2.75, 3.05) is 0 Å². The molecule has 1 aliphatic heterocycles. The molecule has 0 saturated carbocycles. The first kappa shape index (κ1) is 11.1. The van der Waals surface area contributed by atoms with E-state index in [0.717, 1.165) is 24.2 Å². The van der Waals surface area contributed by atoms with Crippen molar-refractivity contribution < 1.29 is 4.39 Å². The van der Waals surface area contributed by atoms with Crippen molar-refractivity contribution in [2.45, 2.75) is 25.8 Å². The highest BCUT2D eigenvalue weighted by Crippen LogP contribution is 2.24. The Labute approximate surface area is 104 Å². The molecule has 0 radical (unpaired) electrons. The number of aromatic nitrogens is 2. The van der Waals surface area contributed by atoms with Crippen LogP contribution in [0.1, 0.15) is 25.2 Å². The molecule has 0 bridgehead atoms. The molecule has 92 valence electrons. The number of rotatable bonds is 1.